The number of nitrogens with one attached hydrogen (secondary N) is 1. The number of hydrogen-bond donors (Lipinski definition) is 1. The van der Waals surface area contributed by atoms with Crippen LogP contribution in [0.2, 0.25) is 10.0 Å². The molecule has 2 aromatic carbocycles. The molecule has 0 bridgehead atoms. The number of imide groups is 1. The van der Waals surface area contributed by atoms with Gasteiger partial charge in [0.05, 0.1) is 22.2 Å². The van der Waals surface area contributed by atoms with Gasteiger partial charge < -0.3 is 5.32 Å². The number of benzene rings is 2. The van der Waals surface area contributed by atoms with E-state index in [-0.39, 0.29) is 18.2 Å². The van der Waals surface area contributed by atoms with Gasteiger partial charge in [0, 0.05) is 5.69 Å². The van der Waals surface area contributed by atoms with E-state index in [2.05, 4.69) is 5.32 Å². The number of halogens is 2. The number of carbonyl (C=O) groups excluding carboxylic acids is 2. The number of amides is 2. The van der Waals surface area contributed by atoms with Crippen LogP contribution in [0.1, 0.15) is 17.5 Å². The van der Waals surface area contributed by atoms with Gasteiger partial charge in [-0.3, -0.25) is 9.59 Å². The molecule has 2 amide bonds. The van der Waals surface area contributed by atoms with E-state index >= 15 is 0 Å². The summed E-state index contributed by atoms with van der Waals surface area (Å²) in [7, 11) is 0. The van der Waals surface area contributed by atoms with Crippen molar-refractivity contribution < 1.29 is 9.59 Å². The van der Waals surface area contributed by atoms with E-state index in [1.165, 1.54) is 6.07 Å². The zero-order valence-electron chi connectivity index (χ0n) is 13.3. The summed E-state index contributed by atoms with van der Waals surface area (Å²) < 4.78 is 0. The fourth-order valence-electron chi connectivity index (χ4n) is 2.74. The Morgan fingerprint density at radius 3 is 2.54 bits per heavy atom. The third kappa shape index (κ3) is 2.99. The first-order valence-corrected chi connectivity index (χ1v) is 8.28. The minimum atomic E-state index is -0.590. The number of nitrogens with zero attached hydrogens (tertiary/aromatic N) is 1. The second-order valence-electron chi connectivity index (χ2n) is 5.81. The molecule has 24 heavy (non-hydrogen) atoms. The molecule has 1 fully saturated rings. The fraction of sp³-hybridized carbons (Fsp3) is 0.222. The summed E-state index contributed by atoms with van der Waals surface area (Å²) in [5.41, 5.74) is 3.48. The van der Waals surface area contributed by atoms with Crippen molar-refractivity contribution in [2.75, 3.05) is 10.2 Å². The van der Waals surface area contributed by atoms with Crippen LogP contribution in [0.5, 0.6) is 0 Å². The lowest BCUT2D eigenvalue weighted by molar-refractivity contribution is -0.121. The van der Waals surface area contributed by atoms with Crippen LogP contribution in [-0.4, -0.2) is 17.9 Å². The smallest absolute Gasteiger partial charge is 0.256 e. The standard InChI is InChI=1S/C18H16Cl2N2O2/c1-10-4-3-5-15(11(10)2)21-16-9-17(23)22(18(16)24)12-6-7-13(19)14(20)8-12/h3-8,16,21H,9H2,1-2H3/t16-/m0/s1. The molecule has 0 spiro atoms. The maximum atomic E-state index is 12.7. The molecule has 1 atom stereocenters. The van der Waals surface area contributed by atoms with E-state index < -0.39 is 6.04 Å². The van der Waals surface area contributed by atoms with E-state index in [4.69, 9.17) is 23.2 Å². The molecular formula is C18H16Cl2N2O2. The number of anilines is 2. The Kier molecular flexibility index (Phi) is 4.52. The van der Waals surface area contributed by atoms with Crippen molar-refractivity contribution in [3.05, 3.63) is 57.6 Å². The van der Waals surface area contributed by atoms with Gasteiger partial charge in [0.1, 0.15) is 6.04 Å². The Hall–Kier alpha value is -2.04. The second-order valence-corrected chi connectivity index (χ2v) is 6.63. The Balaban J connectivity index is 1.86. The first kappa shape index (κ1) is 16.8. The number of rotatable bonds is 3. The summed E-state index contributed by atoms with van der Waals surface area (Å²) in [6.07, 6.45) is 0.104. The summed E-state index contributed by atoms with van der Waals surface area (Å²) in [5.74, 6) is -0.555. The van der Waals surface area contributed by atoms with Gasteiger partial charge in [0.2, 0.25) is 5.91 Å². The topological polar surface area (TPSA) is 49.4 Å². The van der Waals surface area contributed by atoms with Gasteiger partial charge >= 0.3 is 0 Å². The van der Waals surface area contributed by atoms with E-state index in [9.17, 15) is 9.59 Å². The Bertz CT molecular complexity index is 836. The average molecular weight is 363 g/mol. The highest BCUT2D eigenvalue weighted by atomic mass is 35.5. The maximum absolute atomic E-state index is 12.7. The summed E-state index contributed by atoms with van der Waals surface area (Å²) in [4.78, 5) is 26.2. The minimum absolute atomic E-state index is 0.104. The van der Waals surface area contributed by atoms with Gasteiger partial charge in [-0.15, -0.1) is 0 Å². The molecule has 2 aromatic rings. The summed E-state index contributed by atoms with van der Waals surface area (Å²) in [6.45, 7) is 3.99. The molecular weight excluding hydrogens is 347 g/mol. The molecule has 0 aliphatic carbocycles. The highest BCUT2D eigenvalue weighted by Crippen LogP contribution is 2.31. The van der Waals surface area contributed by atoms with Crippen molar-refractivity contribution in [3.63, 3.8) is 0 Å². The SMILES string of the molecule is Cc1cccc(N[C@H]2CC(=O)N(c3ccc(Cl)c(Cl)c3)C2=O)c1C. The lowest BCUT2D eigenvalue weighted by Gasteiger charge is -2.18. The minimum Gasteiger partial charge on any atom is -0.373 e. The molecule has 4 nitrogen and oxygen atoms in total. The van der Waals surface area contributed by atoms with Crippen molar-refractivity contribution in [1.82, 2.24) is 0 Å². The molecule has 1 N–H and O–H groups in total. The van der Waals surface area contributed by atoms with Gasteiger partial charge in [0.25, 0.3) is 5.91 Å². The second kappa shape index (κ2) is 6.46. The molecule has 1 aliphatic rings. The average Bonchev–Trinajstić information content (AvgIpc) is 2.81. The van der Waals surface area contributed by atoms with Crippen LogP contribution in [0.15, 0.2) is 36.4 Å². The van der Waals surface area contributed by atoms with Gasteiger partial charge in [-0.1, -0.05) is 35.3 Å². The fourth-order valence-corrected chi connectivity index (χ4v) is 3.03. The molecule has 6 heteroatoms. The van der Waals surface area contributed by atoms with Crippen molar-refractivity contribution >= 4 is 46.4 Å². The van der Waals surface area contributed by atoms with Crippen molar-refractivity contribution in [2.45, 2.75) is 26.3 Å². The van der Waals surface area contributed by atoms with Crippen molar-refractivity contribution in [1.29, 1.82) is 0 Å². The third-order valence-corrected chi connectivity index (χ3v) is 4.98. The molecule has 1 saturated heterocycles. The number of hydrogen-bond acceptors (Lipinski definition) is 3. The molecule has 1 aliphatic heterocycles. The molecule has 124 valence electrons. The molecule has 1 heterocycles. The Morgan fingerprint density at radius 1 is 1.08 bits per heavy atom. The normalized spacial score (nSPS) is 17.5. The zero-order valence-corrected chi connectivity index (χ0v) is 14.8. The molecule has 0 aromatic heterocycles. The molecule has 0 radical (unpaired) electrons. The zero-order chi connectivity index (χ0) is 17.4. The summed E-state index contributed by atoms with van der Waals surface area (Å²) in [5, 5.41) is 3.87. The summed E-state index contributed by atoms with van der Waals surface area (Å²) >= 11 is 11.9. The van der Waals surface area contributed by atoms with Gasteiger partial charge in [-0.2, -0.15) is 0 Å². The lowest BCUT2D eigenvalue weighted by Crippen LogP contribution is -2.35. The van der Waals surface area contributed by atoms with Crippen LogP contribution in [0, 0.1) is 13.8 Å². The quantitative estimate of drug-likeness (QED) is 0.825. The predicted molar refractivity (Wildman–Crippen MR) is 96.9 cm³/mol. The van der Waals surface area contributed by atoms with Crippen molar-refractivity contribution in [2.24, 2.45) is 0 Å². The van der Waals surface area contributed by atoms with Gasteiger partial charge in [0.15, 0.2) is 0 Å². The predicted octanol–water partition coefficient (Wildman–Crippen LogP) is 4.35. The van der Waals surface area contributed by atoms with Gasteiger partial charge in [-0.05, 0) is 49.2 Å². The first-order valence-electron chi connectivity index (χ1n) is 7.53. The van der Waals surface area contributed by atoms with Crippen LogP contribution in [0.3, 0.4) is 0 Å². The molecule has 3 rings (SSSR count). The monoisotopic (exact) mass is 362 g/mol. The van der Waals surface area contributed by atoms with Crippen molar-refractivity contribution in [3.8, 4) is 0 Å². The van der Waals surface area contributed by atoms with Gasteiger partial charge in [-0.25, -0.2) is 4.90 Å². The number of carbonyl (C=O) groups is 2. The van der Waals surface area contributed by atoms with Crippen LogP contribution < -0.4 is 10.2 Å². The van der Waals surface area contributed by atoms with E-state index in [0.29, 0.717) is 15.7 Å². The highest BCUT2D eigenvalue weighted by molar-refractivity contribution is 6.42. The Morgan fingerprint density at radius 2 is 1.83 bits per heavy atom. The van der Waals surface area contributed by atoms with Crippen LogP contribution in [0.4, 0.5) is 11.4 Å². The highest BCUT2D eigenvalue weighted by Gasteiger charge is 2.39. The maximum Gasteiger partial charge on any atom is 0.256 e. The van der Waals surface area contributed by atoms with E-state index in [1.54, 1.807) is 12.1 Å². The van der Waals surface area contributed by atoms with E-state index in [1.807, 2.05) is 32.0 Å². The summed E-state index contributed by atoms with van der Waals surface area (Å²) in [6, 6.07) is 9.96. The molecule has 0 unspecified atom stereocenters. The largest absolute Gasteiger partial charge is 0.373 e. The van der Waals surface area contributed by atoms with Crippen LogP contribution in [-0.2, 0) is 9.59 Å². The van der Waals surface area contributed by atoms with Crippen LogP contribution >= 0.6 is 23.2 Å². The van der Waals surface area contributed by atoms with E-state index in [0.717, 1.165) is 21.7 Å². The lowest BCUT2D eigenvalue weighted by atomic mass is 10.1. The number of aryl methyl sites for hydroxylation is 1. The third-order valence-electron chi connectivity index (χ3n) is 4.24. The molecule has 0 saturated carbocycles. The Labute approximate surface area is 150 Å². The van der Waals surface area contributed by atoms with Crippen LogP contribution in [0.25, 0.3) is 0 Å². The first-order chi connectivity index (χ1) is 11.4.